The fourth-order valence-electron chi connectivity index (χ4n) is 1.22. The fourth-order valence-corrected chi connectivity index (χ4v) is 1.45. The Morgan fingerprint density at radius 3 is 2.69 bits per heavy atom. The van der Waals surface area contributed by atoms with Crippen LogP contribution in [0.15, 0.2) is 18.2 Å². The zero-order valence-corrected chi connectivity index (χ0v) is 9.96. The predicted molar refractivity (Wildman–Crippen MR) is 62.8 cm³/mol. The van der Waals surface area contributed by atoms with Gasteiger partial charge in [0.05, 0.1) is 23.3 Å². The van der Waals surface area contributed by atoms with Crippen LogP contribution in [-0.2, 0) is 4.74 Å². The third kappa shape index (κ3) is 4.09. The molecule has 1 aromatic rings. The summed E-state index contributed by atoms with van der Waals surface area (Å²) in [5.41, 5.74) is 0.539. The van der Waals surface area contributed by atoms with E-state index in [4.69, 9.17) is 26.3 Å². The van der Waals surface area contributed by atoms with Crippen LogP contribution in [0, 0.1) is 11.3 Å². The van der Waals surface area contributed by atoms with Gasteiger partial charge in [-0.25, -0.2) is 0 Å². The van der Waals surface area contributed by atoms with Crippen molar-refractivity contribution in [3.63, 3.8) is 0 Å². The highest BCUT2D eigenvalue weighted by Gasteiger charge is 2.02. The number of ether oxygens (including phenoxy) is 2. The van der Waals surface area contributed by atoms with Crippen LogP contribution >= 0.6 is 11.6 Å². The van der Waals surface area contributed by atoms with Crippen LogP contribution in [0.4, 0.5) is 0 Å². The average Bonchev–Trinajstić information content (AvgIpc) is 2.30. The molecule has 16 heavy (non-hydrogen) atoms. The Kier molecular flexibility index (Phi) is 5.69. The number of nitriles is 1. The molecule has 0 atom stereocenters. The highest BCUT2D eigenvalue weighted by molar-refractivity contribution is 6.32. The number of hydrogen-bond donors (Lipinski definition) is 0. The number of methoxy groups -OCH3 is 1. The molecule has 3 nitrogen and oxygen atoms in total. The molecule has 0 amide bonds. The zero-order chi connectivity index (χ0) is 11.8. The quantitative estimate of drug-likeness (QED) is 0.717. The summed E-state index contributed by atoms with van der Waals surface area (Å²) in [5, 5.41) is 9.14. The van der Waals surface area contributed by atoms with Gasteiger partial charge in [-0.3, -0.25) is 0 Å². The highest BCUT2D eigenvalue weighted by atomic mass is 35.5. The average molecular weight is 240 g/mol. The minimum atomic E-state index is 0.478. The first-order chi connectivity index (χ1) is 7.77. The molecule has 86 valence electrons. The molecule has 0 unspecified atom stereocenters. The number of rotatable bonds is 6. The Morgan fingerprint density at radius 2 is 2.06 bits per heavy atom. The molecule has 0 fully saturated rings. The lowest BCUT2D eigenvalue weighted by atomic mass is 10.2. The second-order valence-corrected chi connectivity index (χ2v) is 3.71. The molecule has 0 radical (unpaired) electrons. The van der Waals surface area contributed by atoms with Crippen LogP contribution in [0.2, 0.25) is 5.02 Å². The van der Waals surface area contributed by atoms with Gasteiger partial charge in [0.1, 0.15) is 5.75 Å². The summed E-state index contributed by atoms with van der Waals surface area (Å²) in [6, 6.07) is 7.04. The maximum Gasteiger partial charge on any atom is 0.137 e. The van der Waals surface area contributed by atoms with Crippen molar-refractivity contribution in [1.82, 2.24) is 0 Å². The first-order valence-corrected chi connectivity index (χ1v) is 5.47. The van der Waals surface area contributed by atoms with E-state index in [0.717, 1.165) is 19.4 Å². The molecule has 0 saturated heterocycles. The Hall–Kier alpha value is -1.24. The molecule has 0 bridgehead atoms. The van der Waals surface area contributed by atoms with E-state index in [2.05, 4.69) is 0 Å². The molecule has 4 heteroatoms. The van der Waals surface area contributed by atoms with Crippen LogP contribution in [0.25, 0.3) is 0 Å². The Labute approximate surface area is 101 Å². The summed E-state index contributed by atoms with van der Waals surface area (Å²) in [7, 11) is 1.68. The van der Waals surface area contributed by atoms with Gasteiger partial charge >= 0.3 is 0 Å². The summed E-state index contributed by atoms with van der Waals surface area (Å²) in [6.45, 7) is 1.35. The fraction of sp³-hybridized carbons (Fsp3) is 0.417. The van der Waals surface area contributed by atoms with Gasteiger partial charge < -0.3 is 9.47 Å². The van der Waals surface area contributed by atoms with Gasteiger partial charge in [0.15, 0.2) is 0 Å². The summed E-state index contributed by atoms with van der Waals surface area (Å²) in [5.74, 6) is 0.623. The van der Waals surface area contributed by atoms with Crippen LogP contribution in [-0.4, -0.2) is 20.3 Å². The minimum absolute atomic E-state index is 0.478. The van der Waals surface area contributed by atoms with Crippen molar-refractivity contribution in [2.45, 2.75) is 12.8 Å². The molecule has 1 rings (SSSR count). The summed E-state index contributed by atoms with van der Waals surface area (Å²) in [4.78, 5) is 0. The van der Waals surface area contributed by atoms with E-state index in [1.54, 1.807) is 25.3 Å². The topological polar surface area (TPSA) is 42.2 Å². The van der Waals surface area contributed by atoms with Gasteiger partial charge in [0.2, 0.25) is 0 Å². The maximum absolute atomic E-state index is 8.66. The Balaban J connectivity index is 2.40. The second kappa shape index (κ2) is 7.10. The summed E-state index contributed by atoms with van der Waals surface area (Å²) < 4.78 is 10.4. The molecule has 0 aliphatic rings. The van der Waals surface area contributed by atoms with E-state index in [1.165, 1.54) is 0 Å². The molecule has 0 aliphatic carbocycles. The van der Waals surface area contributed by atoms with Gasteiger partial charge in [0, 0.05) is 13.7 Å². The lowest BCUT2D eigenvalue weighted by Gasteiger charge is -2.07. The third-order valence-corrected chi connectivity index (χ3v) is 2.36. The normalized spacial score (nSPS) is 9.81. The van der Waals surface area contributed by atoms with Crippen molar-refractivity contribution in [1.29, 1.82) is 5.26 Å². The van der Waals surface area contributed by atoms with Crippen molar-refractivity contribution in [2.24, 2.45) is 0 Å². The molecule has 0 saturated carbocycles. The zero-order valence-electron chi connectivity index (χ0n) is 9.20. The smallest absolute Gasteiger partial charge is 0.137 e. The SMILES string of the molecule is COCCCCOc1ccc(C#N)cc1Cl. The van der Waals surface area contributed by atoms with Crippen molar-refractivity contribution in [2.75, 3.05) is 20.3 Å². The van der Waals surface area contributed by atoms with E-state index in [1.807, 2.05) is 6.07 Å². The first kappa shape index (κ1) is 12.8. The monoisotopic (exact) mass is 239 g/mol. The van der Waals surface area contributed by atoms with Crippen LogP contribution in [0.5, 0.6) is 5.75 Å². The van der Waals surface area contributed by atoms with E-state index < -0.39 is 0 Å². The number of halogens is 1. The molecular formula is C12H14ClNO2. The van der Waals surface area contributed by atoms with E-state index in [0.29, 0.717) is 22.9 Å². The predicted octanol–water partition coefficient (Wildman–Crippen LogP) is 3.02. The van der Waals surface area contributed by atoms with Crippen molar-refractivity contribution in [3.05, 3.63) is 28.8 Å². The molecule has 0 aromatic heterocycles. The van der Waals surface area contributed by atoms with Gasteiger partial charge in [-0.2, -0.15) is 5.26 Å². The van der Waals surface area contributed by atoms with Gasteiger partial charge in [-0.15, -0.1) is 0 Å². The lowest BCUT2D eigenvalue weighted by molar-refractivity contribution is 0.184. The third-order valence-electron chi connectivity index (χ3n) is 2.06. The maximum atomic E-state index is 8.66. The first-order valence-electron chi connectivity index (χ1n) is 5.09. The minimum Gasteiger partial charge on any atom is -0.492 e. The number of hydrogen-bond acceptors (Lipinski definition) is 3. The largest absolute Gasteiger partial charge is 0.492 e. The number of nitrogens with zero attached hydrogens (tertiary/aromatic N) is 1. The summed E-state index contributed by atoms with van der Waals surface area (Å²) >= 11 is 5.95. The molecule has 1 aromatic carbocycles. The summed E-state index contributed by atoms with van der Waals surface area (Å²) in [6.07, 6.45) is 1.88. The van der Waals surface area contributed by atoms with Crippen molar-refractivity contribution < 1.29 is 9.47 Å². The number of benzene rings is 1. The molecule has 0 spiro atoms. The van der Waals surface area contributed by atoms with Crippen molar-refractivity contribution in [3.8, 4) is 11.8 Å². The van der Waals surface area contributed by atoms with Crippen molar-refractivity contribution >= 4 is 11.6 Å². The van der Waals surface area contributed by atoms with Crippen LogP contribution < -0.4 is 4.74 Å². The Bertz CT molecular complexity index is 374. The van der Waals surface area contributed by atoms with Gasteiger partial charge in [-0.05, 0) is 31.0 Å². The van der Waals surface area contributed by atoms with E-state index in [9.17, 15) is 0 Å². The lowest BCUT2D eigenvalue weighted by Crippen LogP contribution is -2.00. The molecule has 0 heterocycles. The van der Waals surface area contributed by atoms with Crippen LogP contribution in [0.3, 0.4) is 0 Å². The highest BCUT2D eigenvalue weighted by Crippen LogP contribution is 2.25. The molecule has 0 N–H and O–H groups in total. The second-order valence-electron chi connectivity index (χ2n) is 3.31. The Morgan fingerprint density at radius 1 is 1.31 bits per heavy atom. The van der Waals surface area contributed by atoms with Gasteiger partial charge in [-0.1, -0.05) is 11.6 Å². The van der Waals surface area contributed by atoms with E-state index >= 15 is 0 Å². The van der Waals surface area contributed by atoms with E-state index in [-0.39, 0.29) is 0 Å². The molecular weight excluding hydrogens is 226 g/mol. The molecule has 0 aliphatic heterocycles. The van der Waals surface area contributed by atoms with Gasteiger partial charge in [0.25, 0.3) is 0 Å². The number of unbranched alkanes of at least 4 members (excludes halogenated alkanes) is 1. The van der Waals surface area contributed by atoms with Crippen LogP contribution in [0.1, 0.15) is 18.4 Å². The standard InChI is InChI=1S/C12H14ClNO2/c1-15-6-2-3-7-16-12-5-4-10(9-14)8-11(12)13/h4-5,8H,2-3,6-7H2,1H3.